The largest absolute Gasteiger partial charge is 0.396 e. The number of halogens is 3. The van der Waals surface area contributed by atoms with Gasteiger partial charge in [-0.3, -0.25) is 0 Å². The van der Waals surface area contributed by atoms with E-state index in [-0.39, 0.29) is 12.0 Å². The summed E-state index contributed by atoms with van der Waals surface area (Å²) in [5.74, 6) is 0. The van der Waals surface area contributed by atoms with Gasteiger partial charge in [0.25, 0.3) is 0 Å². The average molecular weight is 159 g/mol. The van der Waals surface area contributed by atoms with Crippen molar-refractivity contribution in [3.63, 3.8) is 0 Å². The highest BCUT2D eigenvalue weighted by atomic mass is 19.4. The van der Waals surface area contributed by atoms with E-state index in [1.807, 2.05) is 0 Å². The third-order valence-electron chi connectivity index (χ3n) is 1.13. The fourth-order valence-corrected chi connectivity index (χ4v) is 0.738. The standard InChI is InChI=1S/C8H6F3/c9-8(10,11)6-7-4-2-1-3-5-7/h1-6H. The van der Waals surface area contributed by atoms with Crippen LogP contribution in [0.25, 0.3) is 0 Å². The van der Waals surface area contributed by atoms with E-state index in [9.17, 15) is 13.2 Å². The van der Waals surface area contributed by atoms with Crippen LogP contribution in [0.4, 0.5) is 13.2 Å². The lowest BCUT2D eigenvalue weighted by Crippen LogP contribution is -2.08. The van der Waals surface area contributed by atoms with Gasteiger partial charge in [-0.15, -0.1) is 0 Å². The van der Waals surface area contributed by atoms with Crippen LogP contribution in [0.1, 0.15) is 5.56 Å². The van der Waals surface area contributed by atoms with Crippen molar-refractivity contribution in [2.75, 3.05) is 0 Å². The Morgan fingerprint density at radius 2 is 1.55 bits per heavy atom. The summed E-state index contributed by atoms with van der Waals surface area (Å²) in [6.07, 6.45) is -3.95. The molecule has 0 unspecified atom stereocenters. The van der Waals surface area contributed by atoms with Gasteiger partial charge in [0.15, 0.2) is 0 Å². The highest BCUT2D eigenvalue weighted by Gasteiger charge is 2.27. The molecule has 1 radical (unpaired) electrons. The molecule has 0 atom stereocenters. The lowest BCUT2D eigenvalue weighted by molar-refractivity contribution is -0.0927. The molecule has 0 aliphatic heterocycles. The number of hydrogen-bond donors (Lipinski definition) is 0. The van der Waals surface area contributed by atoms with Gasteiger partial charge in [-0.25, -0.2) is 0 Å². The van der Waals surface area contributed by atoms with Gasteiger partial charge in [-0.05, 0) is 5.56 Å². The molecule has 1 aromatic carbocycles. The van der Waals surface area contributed by atoms with Crippen LogP contribution < -0.4 is 0 Å². The molecule has 0 saturated carbocycles. The van der Waals surface area contributed by atoms with E-state index in [4.69, 9.17) is 0 Å². The maximum Gasteiger partial charge on any atom is 0.396 e. The van der Waals surface area contributed by atoms with Crippen LogP contribution in [0.5, 0.6) is 0 Å². The molecule has 0 bridgehead atoms. The fourth-order valence-electron chi connectivity index (χ4n) is 0.738. The second-order valence-electron chi connectivity index (χ2n) is 2.10. The van der Waals surface area contributed by atoms with Gasteiger partial charge in [0.1, 0.15) is 0 Å². The second kappa shape index (κ2) is 2.95. The molecule has 0 aliphatic rings. The zero-order valence-corrected chi connectivity index (χ0v) is 5.60. The van der Waals surface area contributed by atoms with E-state index >= 15 is 0 Å². The molecule has 0 amide bonds. The average Bonchev–Trinajstić information content (AvgIpc) is 1.85. The Labute approximate surface area is 62.7 Å². The minimum absolute atomic E-state index is 0.181. The van der Waals surface area contributed by atoms with Crippen molar-refractivity contribution in [1.82, 2.24) is 0 Å². The molecule has 1 rings (SSSR count). The van der Waals surface area contributed by atoms with Crippen LogP contribution in [-0.4, -0.2) is 6.18 Å². The SMILES string of the molecule is FC(F)(F)[CH]c1ccccc1. The Bertz CT molecular complexity index is 213. The summed E-state index contributed by atoms with van der Waals surface area (Å²) in [6.45, 7) is 0. The van der Waals surface area contributed by atoms with Crippen LogP contribution in [0, 0.1) is 6.42 Å². The van der Waals surface area contributed by atoms with E-state index in [0.717, 1.165) is 0 Å². The van der Waals surface area contributed by atoms with Crippen LogP contribution in [-0.2, 0) is 0 Å². The van der Waals surface area contributed by atoms with Gasteiger partial charge in [0.05, 0.1) is 6.42 Å². The summed E-state index contributed by atoms with van der Waals surface area (Å²) >= 11 is 0. The first kappa shape index (κ1) is 8.11. The predicted molar refractivity (Wildman–Crippen MR) is 35.9 cm³/mol. The first-order valence-corrected chi connectivity index (χ1v) is 3.05. The molecular formula is C8H6F3. The van der Waals surface area contributed by atoms with E-state index in [2.05, 4.69) is 0 Å². The van der Waals surface area contributed by atoms with Crippen molar-refractivity contribution in [2.45, 2.75) is 6.18 Å². The second-order valence-corrected chi connectivity index (χ2v) is 2.10. The first-order valence-electron chi connectivity index (χ1n) is 3.05. The summed E-state index contributed by atoms with van der Waals surface area (Å²) in [5, 5.41) is 0. The lowest BCUT2D eigenvalue weighted by atomic mass is 10.1. The monoisotopic (exact) mass is 159 g/mol. The zero-order valence-electron chi connectivity index (χ0n) is 5.60. The smallest absolute Gasteiger partial charge is 0.170 e. The van der Waals surface area contributed by atoms with Gasteiger partial charge >= 0.3 is 6.18 Å². The lowest BCUT2D eigenvalue weighted by Gasteiger charge is -2.03. The van der Waals surface area contributed by atoms with Crippen molar-refractivity contribution in [2.24, 2.45) is 0 Å². The van der Waals surface area contributed by atoms with E-state index in [0.29, 0.717) is 0 Å². The quantitative estimate of drug-likeness (QED) is 0.591. The predicted octanol–water partition coefficient (Wildman–Crippen LogP) is 2.80. The Morgan fingerprint density at radius 3 is 2.00 bits per heavy atom. The van der Waals surface area contributed by atoms with E-state index in [1.54, 1.807) is 18.2 Å². The molecule has 1 aromatic rings. The molecule has 3 heteroatoms. The minimum atomic E-state index is -4.22. The zero-order chi connectivity index (χ0) is 8.32. The van der Waals surface area contributed by atoms with Gasteiger partial charge in [0, 0.05) is 0 Å². The summed E-state index contributed by atoms with van der Waals surface area (Å²) < 4.78 is 35.1. The Balaban J connectivity index is 2.66. The molecule has 0 N–H and O–H groups in total. The summed E-state index contributed by atoms with van der Waals surface area (Å²) in [6, 6.07) is 7.63. The summed E-state index contributed by atoms with van der Waals surface area (Å²) in [5.41, 5.74) is 0.181. The third kappa shape index (κ3) is 3.07. The number of alkyl halides is 3. The highest BCUT2D eigenvalue weighted by molar-refractivity contribution is 5.23. The van der Waals surface area contributed by atoms with Gasteiger partial charge < -0.3 is 0 Å². The fraction of sp³-hybridized carbons (Fsp3) is 0.125. The molecule has 0 fully saturated rings. The van der Waals surface area contributed by atoms with E-state index < -0.39 is 6.18 Å². The minimum Gasteiger partial charge on any atom is -0.170 e. The van der Waals surface area contributed by atoms with Crippen LogP contribution in [0.15, 0.2) is 30.3 Å². The van der Waals surface area contributed by atoms with Gasteiger partial charge in [-0.2, -0.15) is 13.2 Å². The molecule has 0 nitrogen and oxygen atoms in total. The van der Waals surface area contributed by atoms with E-state index in [1.165, 1.54) is 12.1 Å². The number of rotatable bonds is 1. The summed E-state index contributed by atoms with van der Waals surface area (Å²) in [4.78, 5) is 0. The van der Waals surface area contributed by atoms with Gasteiger partial charge in [-0.1, -0.05) is 30.3 Å². The Hall–Kier alpha value is -0.990. The van der Waals surface area contributed by atoms with Crippen LogP contribution >= 0.6 is 0 Å². The molecule has 0 aromatic heterocycles. The highest BCUT2D eigenvalue weighted by Crippen LogP contribution is 2.22. The molecule has 0 heterocycles. The van der Waals surface area contributed by atoms with Crippen molar-refractivity contribution in [3.8, 4) is 0 Å². The van der Waals surface area contributed by atoms with Crippen LogP contribution in [0.2, 0.25) is 0 Å². The summed E-state index contributed by atoms with van der Waals surface area (Å²) in [7, 11) is 0. The molecule has 0 aliphatic carbocycles. The Kier molecular flexibility index (Phi) is 2.17. The van der Waals surface area contributed by atoms with Crippen LogP contribution in [0.3, 0.4) is 0 Å². The molecule has 0 spiro atoms. The molecular weight excluding hydrogens is 153 g/mol. The maximum atomic E-state index is 11.7. The van der Waals surface area contributed by atoms with Crippen molar-refractivity contribution in [3.05, 3.63) is 42.3 Å². The molecule has 59 valence electrons. The Morgan fingerprint density at radius 1 is 1.00 bits per heavy atom. The van der Waals surface area contributed by atoms with Gasteiger partial charge in [0.2, 0.25) is 0 Å². The van der Waals surface area contributed by atoms with Crippen molar-refractivity contribution >= 4 is 0 Å². The molecule has 0 saturated heterocycles. The normalized spacial score (nSPS) is 11.5. The maximum absolute atomic E-state index is 11.7. The molecule has 11 heavy (non-hydrogen) atoms. The first-order chi connectivity index (χ1) is 5.08. The topological polar surface area (TPSA) is 0 Å². The van der Waals surface area contributed by atoms with Crippen molar-refractivity contribution in [1.29, 1.82) is 0 Å². The van der Waals surface area contributed by atoms with Crippen molar-refractivity contribution < 1.29 is 13.2 Å². The number of hydrogen-bond acceptors (Lipinski definition) is 0. The number of benzene rings is 1. The third-order valence-corrected chi connectivity index (χ3v) is 1.13.